The van der Waals surface area contributed by atoms with Crippen molar-refractivity contribution in [1.82, 2.24) is 4.98 Å². The Labute approximate surface area is 238 Å². The van der Waals surface area contributed by atoms with Gasteiger partial charge in [0.05, 0.1) is 16.8 Å². The molecule has 3 aromatic carbocycles. The lowest BCUT2D eigenvalue weighted by molar-refractivity contribution is -0.116. The molecular weight excluding hydrogens is 494 g/mol. The van der Waals surface area contributed by atoms with Crippen LogP contribution in [-0.4, -0.2) is 16.8 Å². The minimum Gasteiger partial charge on any atom is -0.326 e. The minimum absolute atomic E-state index is 0.00882. The number of unbranched alkanes of at least 4 members (excludes halogenated alkanes) is 8. The number of anilines is 2. The van der Waals surface area contributed by atoms with Crippen molar-refractivity contribution in [3.8, 4) is 11.3 Å². The lowest BCUT2D eigenvalue weighted by Crippen LogP contribution is -2.14. The molecule has 0 spiro atoms. The van der Waals surface area contributed by atoms with Gasteiger partial charge in [-0.25, -0.2) is 4.98 Å². The van der Waals surface area contributed by atoms with E-state index in [1.54, 1.807) is 6.07 Å². The maximum Gasteiger partial charge on any atom is 0.256 e. The number of aryl methyl sites for hydroxylation is 1. The molecule has 0 atom stereocenters. The van der Waals surface area contributed by atoms with E-state index in [1.165, 1.54) is 44.9 Å². The minimum atomic E-state index is -0.214. The lowest BCUT2D eigenvalue weighted by Gasteiger charge is -2.12. The molecule has 0 aliphatic carbocycles. The highest BCUT2D eigenvalue weighted by Gasteiger charge is 2.15. The molecule has 2 amide bonds. The number of amides is 2. The first-order chi connectivity index (χ1) is 19.5. The molecule has 0 saturated heterocycles. The highest BCUT2D eigenvalue weighted by Crippen LogP contribution is 2.27. The van der Waals surface area contributed by atoms with Gasteiger partial charge < -0.3 is 10.6 Å². The third kappa shape index (κ3) is 8.51. The molecule has 2 N–H and O–H groups in total. The highest BCUT2D eigenvalue weighted by atomic mass is 16.2. The zero-order valence-electron chi connectivity index (χ0n) is 23.8. The third-order valence-electron chi connectivity index (χ3n) is 7.19. The summed E-state index contributed by atoms with van der Waals surface area (Å²) >= 11 is 0. The van der Waals surface area contributed by atoms with Crippen LogP contribution in [0.1, 0.15) is 87.1 Å². The van der Waals surface area contributed by atoms with Gasteiger partial charge in [0, 0.05) is 28.7 Å². The summed E-state index contributed by atoms with van der Waals surface area (Å²) in [6.07, 6.45) is 11.5. The van der Waals surface area contributed by atoms with E-state index in [0.29, 0.717) is 23.4 Å². The molecule has 0 aliphatic rings. The summed E-state index contributed by atoms with van der Waals surface area (Å²) in [5, 5.41) is 6.82. The van der Waals surface area contributed by atoms with E-state index in [4.69, 9.17) is 4.98 Å². The van der Waals surface area contributed by atoms with Gasteiger partial charge in [0.25, 0.3) is 5.91 Å². The van der Waals surface area contributed by atoms with Crippen molar-refractivity contribution >= 4 is 34.1 Å². The van der Waals surface area contributed by atoms with Crippen LogP contribution in [0, 0.1) is 6.92 Å². The van der Waals surface area contributed by atoms with E-state index >= 15 is 0 Å². The molecule has 0 saturated carbocycles. The topological polar surface area (TPSA) is 71.1 Å². The molecule has 0 bridgehead atoms. The summed E-state index contributed by atoms with van der Waals surface area (Å²) < 4.78 is 0. The predicted molar refractivity (Wildman–Crippen MR) is 167 cm³/mol. The molecule has 0 radical (unpaired) electrons. The van der Waals surface area contributed by atoms with Crippen LogP contribution >= 0.6 is 0 Å². The Kier molecular flexibility index (Phi) is 10.9. The Morgan fingerprint density at radius 3 is 2.10 bits per heavy atom. The van der Waals surface area contributed by atoms with Crippen LogP contribution in [0.2, 0.25) is 0 Å². The fourth-order valence-corrected chi connectivity index (χ4v) is 4.98. The Morgan fingerprint density at radius 2 is 1.38 bits per heavy atom. The van der Waals surface area contributed by atoms with E-state index < -0.39 is 0 Å². The van der Waals surface area contributed by atoms with Crippen LogP contribution in [-0.2, 0) is 4.79 Å². The standard InChI is InChI=1S/C35H41N3O2/c1-3-4-5-6-7-8-9-10-14-20-34(39)36-28-18-15-19-29(24-28)37-35(40)31-25-33(27-16-12-11-13-17-27)38-32-22-21-26(2)23-30(31)32/h11-13,15-19,21-25H,3-10,14,20H2,1-2H3,(H,36,39)(H,37,40). The molecule has 40 heavy (non-hydrogen) atoms. The molecular formula is C35H41N3O2. The summed E-state index contributed by atoms with van der Waals surface area (Å²) in [6.45, 7) is 4.25. The average molecular weight is 536 g/mol. The summed E-state index contributed by atoms with van der Waals surface area (Å²) in [6, 6.07) is 25.0. The predicted octanol–water partition coefficient (Wildman–Crippen LogP) is 9.32. The van der Waals surface area contributed by atoms with E-state index in [-0.39, 0.29) is 11.8 Å². The van der Waals surface area contributed by atoms with Gasteiger partial charge in [-0.3, -0.25) is 9.59 Å². The second-order valence-electron chi connectivity index (χ2n) is 10.6. The Bertz CT molecular complexity index is 1420. The molecule has 4 rings (SSSR count). The molecule has 0 fully saturated rings. The number of hydrogen-bond acceptors (Lipinski definition) is 3. The number of pyridine rings is 1. The van der Waals surface area contributed by atoms with E-state index in [9.17, 15) is 9.59 Å². The SMILES string of the molecule is CCCCCCCCCCCC(=O)Nc1cccc(NC(=O)c2cc(-c3ccccc3)nc3ccc(C)cc23)c1. The lowest BCUT2D eigenvalue weighted by atomic mass is 10.0. The number of hydrogen-bond donors (Lipinski definition) is 2. The van der Waals surface area contributed by atoms with Gasteiger partial charge in [-0.2, -0.15) is 0 Å². The first-order valence-corrected chi connectivity index (χ1v) is 14.7. The van der Waals surface area contributed by atoms with Crippen LogP contribution in [0.5, 0.6) is 0 Å². The van der Waals surface area contributed by atoms with Crippen LogP contribution in [0.3, 0.4) is 0 Å². The van der Waals surface area contributed by atoms with E-state index in [0.717, 1.165) is 40.6 Å². The first-order valence-electron chi connectivity index (χ1n) is 14.7. The summed E-state index contributed by atoms with van der Waals surface area (Å²) in [7, 11) is 0. The van der Waals surface area contributed by atoms with Gasteiger partial charge >= 0.3 is 0 Å². The van der Waals surface area contributed by atoms with Gasteiger partial charge in [-0.1, -0.05) is 106 Å². The quantitative estimate of drug-likeness (QED) is 0.158. The number of nitrogens with zero attached hydrogens (tertiary/aromatic N) is 1. The number of carbonyl (C=O) groups is 2. The summed E-state index contributed by atoms with van der Waals surface area (Å²) in [5.41, 5.74) is 5.41. The fraction of sp³-hybridized carbons (Fsp3) is 0.343. The second kappa shape index (κ2) is 15.0. The molecule has 5 nitrogen and oxygen atoms in total. The van der Waals surface area contributed by atoms with Crippen LogP contribution in [0.4, 0.5) is 11.4 Å². The van der Waals surface area contributed by atoms with Gasteiger partial charge in [-0.05, 0) is 49.7 Å². The number of benzene rings is 3. The van der Waals surface area contributed by atoms with Crippen molar-refractivity contribution < 1.29 is 9.59 Å². The van der Waals surface area contributed by atoms with Crippen molar-refractivity contribution in [3.05, 3.63) is 90.0 Å². The van der Waals surface area contributed by atoms with Crippen molar-refractivity contribution in [3.63, 3.8) is 0 Å². The smallest absolute Gasteiger partial charge is 0.256 e. The molecule has 1 aromatic heterocycles. The van der Waals surface area contributed by atoms with E-state index in [1.807, 2.05) is 79.7 Å². The van der Waals surface area contributed by atoms with Crippen LogP contribution in [0.25, 0.3) is 22.2 Å². The summed E-state index contributed by atoms with van der Waals surface area (Å²) in [4.78, 5) is 30.9. The number of rotatable bonds is 14. The van der Waals surface area contributed by atoms with Crippen LogP contribution in [0.15, 0.2) is 78.9 Å². The molecule has 0 unspecified atom stereocenters. The van der Waals surface area contributed by atoms with Gasteiger partial charge in [0.2, 0.25) is 5.91 Å². The second-order valence-corrected chi connectivity index (χ2v) is 10.6. The molecule has 5 heteroatoms. The third-order valence-corrected chi connectivity index (χ3v) is 7.19. The van der Waals surface area contributed by atoms with Crippen molar-refractivity contribution in [2.45, 2.75) is 78.1 Å². The van der Waals surface area contributed by atoms with Crippen LogP contribution < -0.4 is 10.6 Å². The fourth-order valence-electron chi connectivity index (χ4n) is 4.98. The Balaban J connectivity index is 1.36. The Morgan fingerprint density at radius 1 is 0.700 bits per heavy atom. The van der Waals surface area contributed by atoms with Crippen molar-refractivity contribution in [2.75, 3.05) is 10.6 Å². The average Bonchev–Trinajstić information content (AvgIpc) is 2.96. The van der Waals surface area contributed by atoms with Crippen molar-refractivity contribution in [1.29, 1.82) is 0 Å². The van der Waals surface area contributed by atoms with E-state index in [2.05, 4.69) is 17.6 Å². The zero-order chi connectivity index (χ0) is 28.2. The normalized spacial score (nSPS) is 10.9. The van der Waals surface area contributed by atoms with Gasteiger partial charge in [-0.15, -0.1) is 0 Å². The number of carbonyl (C=O) groups excluding carboxylic acids is 2. The Hall–Kier alpha value is -3.99. The number of aromatic nitrogens is 1. The largest absolute Gasteiger partial charge is 0.326 e. The first kappa shape index (κ1) is 29.0. The maximum absolute atomic E-state index is 13.5. The zero-order valence-corrected chi connectivity index (χ0v) is 23.8. The number of nitrogens with one attached hydrogen (secondary N) is 2. The molecule has 208 valence electrons. The number of fused-ring (bicyclic) bond motifs is 1. The molecule has 1 heterocycles. The monoisotopic (exact) mass is 535 g/mol. The van der Waals surface area contributed by atoms with Gasteiger partial charge in [0.15, 0.2) is 0 Å². The van der Waals surface area contributed by atoms with Gasteiger partial charge in [0.1, 0.15) is 0 Å². The van der Waals surface area contributed by atoms with Crippen molar-refractivity contribution in [2.24, 2.45) is 0 Å². The summed E-state index contributed by atoms with van der Waals surface area (Å²) in [5.74, 6) is -0.206. The molecule has 0 aliphatic heterocycles. The highest BCUT2D eigenvalue weighted by molar-refractivity contribution is 6.13. The molecule has 4 aromatic rings. The maximum atomic E-state index is 13.5.